The second kappa shape index (κ2) is 6.73. The van der Waals surface area contributed by atoms with E-state index in [1.807, 2.05) is 39.1 Å². The number of aromatic nitrogens is 1. The van der Waals surface area contributed by atoms with Crippen LogP contribution in [0, 0.1) is 0 Å². The van der Waals surface area contributed by atoms with Gasteiger partial charge in [0.25, 0.3) is 0 Å². The van der Waals surface area contributed by atoms with Crippen LogP contribution in [0.25, 0.3) is 10.9 Å². The molecule has 1 amide bonds. The van der Waals surface area contributed by atoms with E-state index in [2.05, 4.69) is 10.3 Å². The number of carbonyl (C=O) groups excluding carboxylic acids is 1. The van der Waals surface area contributed by atoms with Crippen LogP contribution in [0.2, 0.25) is 0 Å². The molecule has 1 aromatic carbocycles. The van der Waals surface area contributed by atoms with Crippen LogP contribution in [-0.2, 0) is 22.4 Å². The van der Waals surface area contributed by atoms with E-state index in [0.29, 0.717) is 13.0 Å². The largest absolute Gasteiger partial charge is 0.481 e. The van der Waals surface area contributed by atoms with E-state index in [-0.39, 0.29) is 6.42 Å². The number of alkyl carbamates (subject to hydrolysis) is 1. The van der Waals surface area contributed by atoms with Gasteiger partial charge in [-0.25, -0.2) is 4.79 Å². The Labute approximate surface area is 134 Å². The lowest BCUT2D eigenvalue weighted by molar-refractivity contribution is -0.136. The summed E-state index contributed by atoms with van der Waals surface area (Å²) in [6, 6.07) is 5.55. The molecule has 1 heterocycles. The fourth-order valence-electron chi connectivity index (χ4n) is 2.33. The Hall–Kier alpha value is -2.50. The molecular weight excluding hydrogens is 296 g/mol. The monoisotopic (exact) mass is 318 g/mol. The van der Waals surface area contributed by atoms with Crippen LogP contribution in [0.5, 0.6) is 0 Å². The molecule has 0 unspecified atom stereocenters. The summed E-state index contributed by atoms with van der Waals surface area (Å²) in [7, 11) is 0. The molecule has 3 N–H and O–H groups in total. The number of ether oxygens (including phenoxy) is 1. The average molecular weight is 318 g/mol. The molecule has 0 aliphatic rings. The second-order valence-corrected chi connectivity index (χ2v) is 6.44. The van der Waals surface area contributed by atoms with Crippen molar-refractivity contribution in [1.29, 1.82) is 0 Å². The number of amides is 1. The number of H-pyrrole nitrogens is 1. The van der Waals surface area contributed by atoms with Crippen molar-refractivity contribution in [2.24, 2.45) is 0 Å². The molecule has 0 aliphatic carbocycles. The van der Waals surface area contributed by atoms with E-state index < -0.39 is 17.7 Å². The van der Waals surface area contributed by atoms with Crippen LogP contribution in [0.3, 0.4) is 0 Å². The highest BCUT2D eigenvalue weighted by Gasteiger charge is 2.15. The first-order chi connectivity index (χ1) is 10.7. The van der Waals surface area contributed by atoms with Gasteiger partial charge < -0.3 is 20.1 Å². The fourth-order valence-corrected chi connectivity index (χ4v) is 2.33. The number of rotatable bonds is 5. The Morgan fingerprint density at radius 2 is 2.04 bits per heavy atom. The van der Waals surface area contributed by atoms with Gasteiger partial charge in [-0.3, -0.25) is 4.79 Å². The minimum absolute atomic E-state index is 0.00326. The third-order valence-electron chi connectivity index (χ3n) is 3.25. The van der Waals surface area contributed by atoms with Gasteiger partial charge in [-0.15, -0.1) is 0 Å². The molecule has 23 heavy (non-hydrogen) atoms. The van der Waals surface area contributed by atoms with Gasteiger partial charge in [-0.1, -0.05) is 6.07 Å². The Morgan fingerprint density at radius 3 is 2.70 bits per heavy atom. The summed E-state index contributed by atoms with van der Waals surface area (Å²) in [5.74, 6) is -0.854. The van der Waals surface area contributed by atoms with Crippen LogP contribution in [-0.4, -0.2) is 34.3 Å². The van der Waals surface area contributed by atoms with Crippen LogP contribution in [0.1, 0.15) is 31.9 Å². The van der Waals surface area contributed by atoms with E-state index in [0.717, 1.165) is 22.0 Å². The molecule has 0 fully saturated rings. The first-order valence-electron chi connectivity index (χ1n) is 7.52. The molecule has 0 aliphatic heterocycles. The number of nitrogens with one attached hydrogen (secondary N) is 2. The minimum atomic E-state index is -0.854. The van der Waals surface area contributed by atoms with E-state index in [1.165, 1.54) is 0 Å². The SMILES string of the molecule is CC(C)(C)OC(=O)NCCc1c[nH]c2ccc(CC(=O)O)cc12. The molecule has 2 aromatic rings. The number of hydrogen-bond donors (Lipinski definition) is 3. The normalized spacial score (nSPS) is 11.4. The number of carboxylic acids is 1. The number of carbonyl (C=O) groups is 2. The number of carboxylic acid groups (broad SMARTS) is 1. The number of aromatic amines is 1. The molecule has 124 valence electrons. The summed E-state index contributed by atoms with van der Waals surface area (Å²) >= 11 is 0. The molecule has 0 spiro atoms. The van der Waals surface area contributed by atoms with Crippen molar-refractivity contribution in [2.45, 2.75) is 39.2 Å². The third-order valence-corrected chi connectivity index (χ3v) is 3.25. The zero-order valence-corrected chi connectivity index (χ0v) is 13.6. The summed E-state index contributed by atoms with van der Waals surface area (Å²) in [5, 5.41) is 12.6. The third kappa shape index (κ3) is 5.02. The van der Waals surface area contributed by atoms with Crippen molar-refractivity contribution < 1.29 is 19.4 Å². The molecule has 0 saturated heterocycles. The second-order valence-electron chi connectivity index (χ2n) is 6.44. The first-order valence-corrected chi connectivity index (χ1v) is 7.52. The molecule has 6 nitrogen and oxygen atoms in total. The summed E-state index contributed by atoms with van der Waals surface area (Å²) in [4.78, 5) is 25.6. The van der Waals surface area contributed by atoms with Crippen molar-refractivity contribution in [3.8, 4) is 0 Å². The van der Waals surface area contributed by atoms with Gasteiger partial charge in [0.2, 0.25) is 0 Å². The average Bonchev–Trinajstić information content (AvgIpc) is 2.79. The standard InChI is InChI=1S/C17H22N2O4/c1-17(2,3)23-16(22)18-7-6-12-10-19-14-5-4-11(8-13(12)14)9-15(20)21/h4-5,8,10,19H,6-7,9H2,1-3H3,(H,18,22)(H,20,21). The molecule has 0 bridgehead atoms. The van der Waals surface area contributed by atoms with Gasteiger partial charge in [-0.05, 0) is 50.5 Å². The number of benzene rings is 1. The van der Waals surface area contributed by atoms with Gasteiger partial charge in [0.15, 0.2) is 0 Å². The Kier molecular flexibility index (Phi) is 4.93. The predicted octanol–water partition coefficient (Wildman–Crippen LogP) is 2.86. The van der Waals surface area contributed by atoms with Gasteiger partial charge in [-0.2, -0.15) is 0 Å². The van der Waals surface area contributed by atoms with Crippen LogP contribution in [0.15, 0.2) is 24.4 Å². The molecule has 0 atom stereocenters. The highest BCUT2D eigenvalue weighted by Crippen LogP contribution is 2.20. The lowest BCUT2D eigenvalue weighted by Crippen LogP contribution is -2.33. The van der Waals surface area contributed by atoms with Crippen molar-refractivity contribution >= 4 is 23.0 Å². The zero-order chi connectivity index (χ0) is 17.0. The fraction of sp³-hybridized carbons (Fsp3) is 0.412. The molecule has 1 aromatic heterocycles. The Balaban J connectivity index is 2.00. The van der Waals surface area contributed by atoms with Crippen LogP contribution < -0.4 is 5.32 Å². The quantitative estimate of drug-likeness (QED) is 0.790. The summed E-state index contributed by atoms with van der Waals surface area (Å²) in [5.41, 5.74) is 2.22. The lowest BCUT2D eigenvalue weighted by atomic mass is 10.1. The van der Waals surface area contributed by atoms with Gasteiger partial charge >= 0.3 is 12.1 Å². The maximum atomic E-state index is 11.6. The van der Waals surface area contributed by atoms with Gasteiger partial charge in [0, 0.05) is 23.6 Å². The minimum Gasteiger partial charge on any atom is -0.481 e. The van der Waals surface area contributed by atoms with Crippen molar-refractivity contribution in [2.75, 3.05) is 6.54 Å². The zero-order valence-electron chi connectivity index (χ0n) is 13.6. The highest BCUT2D eigenvalue weighted by atomic mass is 16.6. The number of fused-ring (bicyclic) bond motifs is 1. The van der Waals surface area contributed by atoms with Crippen LogP contribution in [0.4, 0.5) is 4.79 Å². The van der Waals surface area contributed by atoms with Crippen molar-refractivity contribution in [3.63, 3.8) is 0 Å². The van der Waals surface area contributed by atoms with Crippen molar-refractivity contribution in [3.05, 3.63) is 35.5 Å². The summed E-state index contributed by atoms with van der Waals surface area (Å²) < 4.78 is 5.18. The molecular formula is C17H22N2O4. The topological polar surface area (TPSA) is 91.4 Å². The predicted molar refractivity (Wildman–Crippen MR) is 87.6 cm³/mol. The molecule has 0 radical (unpaired) electrons. The van der Waals surface area contributed by atoms with E-state index in [1.54, 1.807) is 6.07 Å². The Morgan fingerprint density at radius 1 is 1.30 bits per heavy atom. The maximum absolute atomic E-state index is 11.6. The number of aliphatic carboxylic acids is 1. The molecule has 2 rings (SSSR count). The van der Waals surface area contributed by atoms with E-state index in [9.17, 15) is 9.59 Å². The summed E-state index contributed by atoms with van der Waals surface area (Å²) in [6.07, 6.45) is 2.07. The van der Waals surface area contributed by atoms with E-state index in [4.69, 9.17) is 9.84 Å². The maximum Gasteiger partial charge on any atom is 0.407 e. The van der Waals surface area contributed by atoms with Crippen LogP contribution >= 0.6 is 0 Å². The van der Waals surface area contributed by atoms with Crippen molar-refractivity contribution in [1.82, 2.24) is 10.3 Å². The lowest BCUT2D eigenvalue weighted by Gasteiger charge is -2.19. The smallest absolute Gasteiger partial charge is 0.407 e. The molecule has 0 saturated carbocycles. The molecule has 6 heteroatoms. The van der Waals surface area contributed by atoms with Gasteiger partial charge in [0.05, 0.1) is 6.42 Å². The number of hydrogen-bond acceptors (Lipinski definition) is 3. The van der Waals surface area contributed by atoms with E-state index >= 15 is 0 Å². The highest BCUT2D eigenvalue weighted by molar-refractivity contribution is 5.85. The Bertz CT molecular complexity index is 713. The summed E-state index contributed by atoms with van der Waals surface area (Å²) in [6.45, 7) is 5.90. The first kappa shape index (κ1) is 16.9. The van der Waals surface area contributed by atoms with Gasteiger partial charge in [0.1, 0.15) is 5.60 Å².